The average molecular weight is 354 g/mol. The third-order valence-corrected chi connectivity index (χ3v) is 4.28. The SMILES string of the molecule is Cc1ccc(-c2cc(-c3ccc(Cl)cc3Cl)nc(N)c2C#N)cc1. The molecule has 1 heterocycles. The van der Waals surface area contributed by atoms with Crippen LogP contribution in [0.1, 0.15) is 11.1 Å². The van der Waals surface area contributed by atoms with Crippen LogP contribution in [0, 0.1) is 18.3 Å². The van der Waals surface area contributed by atoms with Gasteiger partial charge in [0.1, 0.15) is 17.5 Å². The number of nitrogens with zero attached hydrogens (tertiary/aromatic N) is 2. The maximum Gasteiger partial charge on any atom is 0.142 e. The summed E-state index contributed by atoms with van der Waals surface area (Å²) in [6.07, 6.45) is 0. The van der Waals surface area contributed by atoms with E-state index in [2.05, 4.69) is 11.1 Å². The number of pyridine rings is 1. The summed E-state index contributed by atoms with van der Waals surface area (Å²) in [5.74, 6) is 0.177. The van der Waals surface area contributed by atoms with Crippen molar-refractivity contribution in [3.63, 3.8) is 0 Å². The van der Waals surface area contributed by atoms with Crippen molar-refractivity contribution in [3.05, 3.63) is 69.7 Å². The maximum atomic E-state index is 9.45. The fourth-order valence-corrected chi connectivity index (χ4v) is 2.98. The first-order valence-corrected chi connectivity index (χ1v) is 7.98. The van der Waals surface area contributed by atoms with Crippen LogP contribution >= 0.6 is 23.2 Å². The summed E-state index contributed by atoms with van der Waals surface area (Å²) in [5, 5.41) is 10.5. The Hall–Kier alpha value is -2.54. The van der Waals surface area contributed by atoms with Crippen molar-refractivity contribution in [2.24, 2.45) is 0 Å². The Kier molecular flexibility index (Phi) is 4.44. The Balaban J connectivity index is 2.24. The molecule has 0 saturated heterocycles. The molecule has 0 amide bonds. The molecule has 0 fully saturated rings. The second-order valence-corrected chi connectivity index (χ2v) is 6.26. The van der Waals surface area contributed by atoms with Crippen molar-refractivity contribution < 1.29 is 0 Å². The Morgan fingerprint density at radius 3 is 2.33 bits per heavy atom. The number of nitrogen functional groups attached to an aromatic ring is 1. The van der Waals surface area contributed by atoms with Gasteiger partial charge in [-0.2, -0.15) is 5.26 Å². The van der Waals surface area contributed by atoms with Gasteiger partial charge in [0.05, 0.1) is 10.7 Å². The van der Waals surface area contributed by atoms with Crippen LogP contribution in [0.15, 0.2) is 48.5 Å². The quantitative estimate of drug-likeness (QED) is 0.662. The summed E-state index contributed by atoms with van der Waals surface area (Å²) in [4.78, 5) is 4.34. The number of halogens is 2. The van der Waals surface area contributed by atoms with Crippen molar-refractivity contribution in [2.75, 3.05) is 5.73 Å². The van der Waals surface area contributed by atoms with Crippen LogP contribution in [-0.4, -0.2) is 4.98 Å². The molecule has 2 N–H and O–H groups in total. The summed E-state index contributed by atoms with van der Waals surface area (Å²) in [5.41, 5.74) is 10.5. The molecule has 3 aromatic rings. The van der Waals surface area contributed by atoms with E-state index in [1.807, 2.05) is 37.3 Å². The first-order valence-electron chi connectivity index (χ1n) is 7.22. The van der Waals surface area contributed by atoms with Gasteiger partial charge in [0, 0.05) is 16.1 Å². The third kappa shape index (κ3) is 3.07. The highest BCUT2D eigenvalue weighted by atomic mass is 35.5. The van der Waals surface area contributed by atoms with E-state index in [1.54, 1.807) is 18.2 Å². The number of aromatic nitrogens is 1. The predicted molar refractivity (Wildman–Crippen MR) is 99.0 cm³/mol. The lowest BCUT2D eigenvalue weighted by atomic mass is 9.98. The van der Waals surface area contributed by atoms with Crippen molar-refractivity contribution in [3.8, 4) is 28.5 Å². The van der Waals surface area contributed by atoms with Crippen LogP contribution in [-0.2, 0) is 0 Å². The number of anilines is 1. The van der Waals surface area contributed by atoms with E-state index in [0.29, 0.717) is 26.9 Å². The number of rotatable bonds is 2. The molecule has 0 bridgehead atoms. The highest BCUT2D eigenvalue weighted by Gasteiger charge is 2.15. The summed E-state index contributed by atoms with van der Waals surface area (Å²) < 4.78 is 0. The van der Waals surface area contributed by atoms with Gasteiger partial charge in [-0.15, -0.1) is 0 Å². The number of nitriles is 1. The predicted octanol–water partition coefficient (Wildman–Crippen LogP) is 5.48. The van der Waals surface area contributed by atoms with E-state index >= 15 is 0 Å². The molecule has 0 unspecified atom stereocenters. The van der Waals surface area contributed by atoms with Gasteiger partial charge in [-0.1, -0.05) is 53.0 Å². The molecular formula is C19H13Cl2N3. The van der Waals surface area contributed by atoms with E-state index < -0.39 is 0 Å². The number of aryl methyl sites for hydroxylation is 1. The van der Waals surface area contributed by atoms with Crippen LogP contribution in [0.2, 0.25) is 10.0 Å². The normalized spacial score (nSPS) is 10.4. The molecule has 0 aliphatic carbocycles. The second-order valence-electron chi connectivity index (χ2n) is 5.42. The topological polar surface area (TPSA) is 62.7 Å². The van der Waals surface area contributed by atoms with Crippen LogP contribution < -0.4 is 5.73 Å². The number of nitrogens with two attached hydrogens (primary N) is 1. The molecule has 118 valence electrons. The van der Waals surface area contributed by atoms with Gasteiger partial charge >= 0.3 is 0 Å². The molecular weight excluding hydrogens is 341 g/mol. The molecule has 5 heteroatoms. The summed E-state index contributed by atoms with van der Waals surface area (Å²) >= 11 is 12.2. The minimum Gasteiger partial charge on any atom is -0.383 e. The molecule has 0 aliphatic heterocycles. The zero-order valence-corrected chi connectivity index (χ0v) is 14.4. The van der Waals surface area contributed by atoms with E-state index in [0.717, 1.165) is 16.7 Å². The molecule has 1 aromatic heterocycles. The van der Waals surface area contributed by atoms with Crippen molar-refractivity contribution in [2.45, 2.75) is 6.92 Å². The average Bonchev–Trinajstić information content (AvgIpc) is 2.55. The summed E-state index contributed by atoms with van der Waals surface area (Å²) in [6, 6.07) is 17.0. The van der Waals surface area contributed by atoms with Gasteiger partial charge in [-0.3, -0.25) is 0 Å². The van der Waals surface area contributed by atoms with Crippen LogP contribution in [0.25, 0.3) is 22.4 Å². The highest BCUT2D eigenvalue weighted by molar-refractivity contribution is 6.36. The summed E-state index contributed by atoms with van der Waals surface area (Å²) in [7, 11) is 0. The number of hydrogen-bond donors (Lipinski definition) is 1. The zero-order chi connectivity index (χ0) is 17.3. The molecule has 0 spiro atoms. The van der Waals surface area contributed by atoms with Gasteiger partial charge in [0.15, 0.2) is 0 Å². The van der Waals surface area contributed by atoms with Crippen molar-refractivity contribution in [1.29, 1.82) is 5.26 Å². The third-order valence-electron chi connectivity index (χ3n) is 3.73. The van der Waals surface area contributed by atoms with Gasteiger partial charge < -0.3 is 5.73 Å². The molecule has 0 radical (unpaired) electrons. The van der Waals surface area contributed by atoms with Gasteiger partial charge in [0.25, 0.3) is 0 Å². The highest BCUT2D eigenvalue weighted by Crippen LogP contribution is 2.35. The van der Waals surface area contributed by atoms with E-state index in [1.165, 1.54) is 0 Å². The molecule has 3 rings (SSSR count). The van der Waals surface area contributed by atoms with E-state index in [9.17, 15) is 5.26 Å². The lowest BCUT2D eigenvalue weighted by molar-refractivity contribution is 1.31. The van der Waals surface area contributed by atoms with Crippen molar-refractivity contribution in [1.82, 2.24) is 4.98 Å². The largest absolute Gasteiger partial charge is 0.383 e. The summed E-state index contributed by atoms with van der Waals surface area (Å²) in [6.45, 7) is 2.01. The maximum absolute atomic E-state index is 9.45. The smallest absolute Gasteiger partial charge is 0.142 e. The first-order chi connectivity index (χ1) is 11.5. The second kappa shape index (κ2) is 6.52. The monoisotopic (exact) mass is 353 g/mol. The lowest BCUT2D eigenvalue weighted by Crippen LogP contribution is -2.00. The van der Waals surface area contributed by atoms with Crippen molar-refractivity contribution >= 4 is 29.0 Å². The van der Waals surface area contributed by atoms with Crippen LogP contribution in [0.3, 0.4) is 0 Å². The van der Waals surface area contributed by atoms with Crippen LogP contribution in [0.4, 0.5) is 5.82 Å². The van der Waals surface area contributed by atoms with Crippen LogP contribution in [0.5, 0.6) is 0 Å². The van der Waals surface area contributed by atoms with E-state index in [4.69, 9.17) is 28.9 Å². The molecule has 3 nitrogen and oxygen atoms in total. The van der Waals surface area contributed by atoms with Gasteiger partial charge in [-0.25, -0.2) is 4.98 Å². The molecule has 0 aliphatic rings. The Morgan fingerprint density at radius 2 is 1.71 bits per heavy atom. The van der Waals surface area contributed by atoms with E-state index in [-0.39, 0.29) is 5.82 Å². The fourth-order valence-electron chi connectivity index (χ4n) is 2.48. The number of benzene rings is 2. The zero-order valence-electron chi connectivity index (χ0n) is 12.8. The Bertz CT molecular complexity index is 958. The lowest BCUT2D eigenvalue weighted by Gasteiger charge is -2.11. The molecule has 0 atom stereocenters. The van der Waals surface area contributed by atoms with Gasteiger partial charge in [-0.05, 0) is 36.8 Å². The molecule has 24 heavy (non-hydrogen) atoms. The minimum atomic E-state index is 0.177. The minimum absolute atomic E-state index is 0.177. The fraction of sp³-hybridized carbons (Fsp3) is 0.0526. The molecule has 2 aromatic carbocycles. The Labute approximate surface area is 150 Å². The standard InChI is InChI=1S/C19H13Cl2N3/c1-11-2-4-12(5-3-11)15-9-18(24-19(23)16(15)10-22)14-7-6-13(20)8-17(14)21/h2-9H,1H3,(H2,23,24). The molecule has 0 saturated carbocycles. The Morgan fingerprint density at radius 1 is 1.00 bits per heavy atom. The first kappa shape index (κ1) is 16.3. The van der Waals surface area contributed by atoms with Gasteiger partial charge in [0.2, 0.25) is 0 Å². The number of hydrogen-bond acceptors (Lipinski definition) is 3.